The minimum atomic E-state index is -0.361. The summed E-state index contributed by atoms with van der Waals surface area (Å²) >= 11 is 3.42. The highest BCUT2D eigenvalue weighted by molar-refractivity contribution is 9.10. The molecule has 0 aliphatic carbocycles. The molecule has 0 bridgehead atoms. The molecule has 1 aliphatic rings. The van der Waals surface area contributed by atoms with Gasteiger partial charge in [0.25, 0.3) is 0 Å². The zero-order valence-corrected chi connectivity index (χ0v) is 15.6. The molecule has 3 heterocycles. The second-order valence-electron chi connectivity index (χ2n) is 6.21. The molecule has 26 heavy (non-hydrogen) atoms. The summed E-state index contributed by atoms with van der Waals surface area (Å²) in [6.07, 6.45) is 2.12. The first kappa shape index (κ1) is 16.9. The van der Waals surface area contributed by atoms with Gasteiger partial charge in [0.1, 0.15) is 28.6 Å². The number of aromatic nitrogens is 4. The number of benzene rings is 1. The summed E-state index contributed by atoms with van der Waals surface area (Å²) in [6.45, 7) is 1.10. The average molecular weight is 419 g/mol. The van der Waals surface area contributed by atoms with Crippen LogP contribution in [0.5, 0.6) is 0 Å². The van der Waals surface area contributed by atoms with E-state index in [0.29, 0.717) is 35.6 Å². The van der Waals surface area contributed by atoms with Crippen molar-refractivity contribution in [2.75, 3.05) is 11.9 Å². The number of amides is 1. The van der Waals surface area contributed by atoms with Crippen molar-refractivity contribution in [2.45, 2.75) is 19.0 Å². The largest absolute Gasteiger partial charge is 0.358 e. The highest BCUT2D eigenvalue weighted by atomic mass is 79.9. The van der Waals surface area contributed by atoms with Crippen molar-refractivity contribution in [3.8, 4) is 0 Å². The SMILES string of the molecule is Cn1nc(Br)c2c(NC3CCN(Cc4ccc(F)cc4)C3=O)ncnc21. The lowest BCUT2D eigenvalue weighted by atomic mass is 10.2. The number of fused-ring (bicyclic) bond motifs is 1. The van der Waals surface area contributed by atoms with E-state index in [1.807, 2.05) is 0 Å². The first-order chi connectivity index (χ1) is 12.5. The van der Waals surface area contributed by atoms with Crippen LogP contribution in [0.1, 0.15) is 12.0 Å². The summed E-state index contributed by atoms with van der Waals surface area (Å²) in [6, 6.07) is 5.85. The molecule has 1 N–H and O–H groups in total. The Morgan fingerprint density at radius 2 is 2.08 bits per heavy atom. The van der Waals surface area contributed by atoms with Crippen molar-refractivity contribution in [2.24, 2.45) is 7.05 Å². The summed E-state index contributed by atoms with van der Waals surface area (Å²) in [4.78, 5) is 23.0. The van der Waals surface area contributed by atoms with E-state index in [0.717, 1.165) is 10.9 Å². The summed E-state index contributed by atoms with van der Waals surface area (Å²) in [7, 11) is 1.80. The van der Waals surface area contributed by atoms with Gasteiger partial charge in [0, 0.05) is 20.1 Å². The van der Waals surface area contributed by atoms with E-state index in [-0.39, 0.29) is 17.8 Å². The molecular formula is C17H16BrFN6O. The zero-order valence-electron chi connectivity index (χ0n) is 14.0. The van der Waals surface area contributed by atoms with E-state index in [4.69, 9.17) is 0 Å². The molecule has 0 spiro atoms. The number of carbonyl (C=O) groups is 1. The Bertz CT molecular complexity index is 973. The summed E-state index contributed by atoms with van der Waals surface area (Å²) in [5, 5.41) is 8.26. The van der Waals surface area contributed by atoms with Crippen LogP contribution < -0.4 is 5.32 Å². The maximum atomic E-state index is 13.0. The summed E-state index contributed by atoms with van der Waals surface area (Å²) in [5.41, 5.74) is 1.59. The van der Waals surface area contributed by atoms with Gasteiger partial charge in [-0.1, -0.05) is 12.1 Å². The van der Waals surface area contributed by atoms with Gasteiger partial charge in [-0.15, -0.1) is 0 Å². The highest BCUT2D eigenvalue weighted by Crippen LogP contribution is 2.28. The van der Waals surface area contributed by atoms with E-state index < -0.39 is 0 Å². The van der Waals surface area contributed by atoms with Crippen LogP contribution >= 0.6 is 15.9 Å². The normalized spacial score (nSPS) is 17.3. The number of halogens is 2. The monoisotopic (exact) mass is 418 g/mol. The van der Waals surface area contributed by atoms with E-state index >= 15 is 0 Å². The van der Waals surface area contributed by atoms with Crippen LogP contribution in [-0.2, 0) is 18.4 Å². The van der Waals surface area contributed by atoms with Crippen LogP contribution in [0.15, 0.2) is 35.2 Å². The number of rotatable bonds is 4. The molecule has 2 aromatic heterocycles. The topological polar surface area (TPSA) is 75.9 Å². The van der Waals surface area contributed by atoms with E-state index in [1.54, 1.807) is 28.8 Å². The number of aryl methyl sites for hydroxylation is 1. The van der Waals surface area contributed by atoms with Gasteiger partial charge in [0.05, 0.1) is 5.39 Å². The van der Waals surface area contributed by atoms with E-state index in [9.17, 15) is 9.18 Å². The molecule has 1 fully saturated rings. The molecule has 1 aliphatic heterocycles. The van der Waals surface area contributed by atoms with Gasteiger partial charge in [-0.25, -0.2) is 19.0 Å². The molecule has 4 rings (SSSR count). The molecule has 1 aromatic carbocycles. The lowest BCUT2D eigenvalue weighted by Gasteiger charge is -2.17. The Morgan fingerprint density at radius 1 is 1.31 bits per heavy atom. The lowest BCUT2D eigenvalue weighted by Crippen LogP contribution is -2.33. The highest BCUT2D eigenvalue weighted by Gasteiger charge is 2.32. The van der Waals surface area contributed by atoms with Crippen molar-refractivity contribution in [1.82, 2.24) is 24.6 Å². The zero-order chi connectivity index (χ0) is 18.3. The second-order valence-corrected chi connectivity index (χ2v) is 6.96. The molecule has 134 valence electrons. The minimum Gasteiger partial charge on any atom is -0.358 e. The fraction of sp³-hybridized carbons (Fsp3) is 0.294. The van der Waals surface area contributed by atoms with Gasteiger partial charge in [-0.2, -0.15) is 5.10 Å². The Kier molecular flexibility index (Phi) is 4.31. The number of hydrogen-bond acceptors (Lipinski definition) is 5. The van der Waals surface area contributed by atoms with Crippen LogP contribution in [0.25, 0.3) is 11.0 Å². The van der Waals surface area contributed by atoms with Crippen LogP contribution in [-0.4, -0.2) is 43.1 Å². The molecule has 7 nitrogen and oxygen atoms in total. The van der Waals surface area contributed by atoms with Crippen LogP contribution in [0.2, 0.25) is 0 Å². The second kappa shape index (κ2) is 6.64. The Balaban J connectivity index is 1.52. The third-order valence-electron chi connectivity index (χ3n) is 4.47. The number of hydrogen-bond donors (Lipinski definition) is 1. The van der Waals surface area contributed by atoms with Crippen molar-refractivity contribution < 1.29 is 9.18 Å². The maximum Gasteiger partial charge on any atom is 0.245 e. The lowest BCUT2D eigenvalue weighted by molar-refractivity contribution is -0.128. The van der Waals surface area contributed by atoms with Crippen molar-refractivity contribution in [1.29, 1.82) is 0 Å². The van der Waals surface area contributed by atoms with Gasteiger partial charge < -0.3 is 10.2 Å². The Morgan fingerprint density at radius 3 is 2.85 bits per heavy atom. The van der Waals surface area contributed by atoms with Gasteiger partial charge in [-0.05, 0) is 40.0 Å². The molecule has 3 aromatic rings. The van der Waals surface area contributed by atoms with E-state index in [2.05, 4.69) is 36.3 Å². The van der Waals surface area contributed by atoms with Gasteiger partial charge in [-0.3, -0.25) is 4.79 Å². The first-order valence-electron chi connectivity index (χ1n) is 8.16. The molecule has 0 radical (unpaired) electrons. The molecule has 1 amide bonds. The molecule has 1 atom stereocenters. The average Bonchev–Trinajstić information content (AvgIpc) is 3.11. The number of nitrogens with one attached hydrogen (secondary N) is 1. The van der Waals surface area contributed by atoms with Crippen molar-refractivity contribution in [3.63, 3.8) is 0 Å². The molecule has 1 saturated heterocycles. The quantitative estimate of drug-likeness (QED) is 0.704. The maximum absolute atomic E-state index is 13.0. The van der Waals surface area contributed by atoms with Gasteiger partial charge in [0.2, 0.25) is 5.91 Å². The van der Waals surface area contributed by atoms with Gasteiger partial charge >= 0.3 is 0 Å². The number of nitrogens with zero attached hydrogens (tertiary/aromatic N) is 5. The fourth-order valence-electron chi connectivity index (χ4n) is 3.16. The van der Waals surface area contributed by atoms with Crippen molar-refractivity contribution >= 4 is 38.7 Å². The smallest absolute Gasteiger partial charge is 0.245 e. The number of likely N-dealkylation sites (tertiary alicyclic amines) is 1. The van der Waals surface area contributed by atoms with Crippen molar-refractivity contribution in [3.05, 3.63) is 46.6 Å². The van der Waals surface area contributed by atoms with Crippen LogP contribution in [0.3, 0.4) is 0 Å². The molecular weight excluding hydrogens is 403 g/mol. The van der Waals surface area contributed by atoms with Crippen LogP contribution in [0.4, 0.5) is 10.2 Å². The third kappa shape index (κ3) is 3.03. The minimum absolute atomic E-state index is 0.00102. The first-order valence-corrected chi connectivity index (χ1v) is 8.95. The summed E-state index contributed by atoms with van der Waals surface area (Å²) in [5.74, 6) is 0.300. The third-order valence-corrected chi connectivity index (χ3v) is 5.03. The molecule has 1 unspecified atom stereocenters. The van der Waals surface area contributed by atoms with E-state index in [1.165, 1.54) is 18.5 Å². The summed E-state index contributed by atoms with van der Waals surface area (Å²) < 4.78 is 15.3. The predicted molar refractivity (Wildman–Crippen MR) is 97.8 cm³/mol. The molecule has 9 heteroatoms. The Hall–Kier alpha value is -2.55. The van der Waals surface area contributed by atoms with Crippen LogP contribution in [0, 0.1) is 5.82 Å². The molecule has 0 saturated carbocycles. The number of carbonyl (C=O) groups excluding carboxylic acids is 1. The Labute approximate surface area is 157 Å². The number of anilines is 1. The standard InChI is InChI=1S/C17H16BrFN6O/c1-24-16-13(14(18)23-24)15(20-9-21-16)22-12-6-7-25(17(12)26)8-10-2-4-11(19)5-3-10/h2-5,9,12H,6-8H2,1H3,(H,20,21,22). The predicted octanol–water partition coefficient (Wildman–Crippen LogP) is 2.48. The van der Waals surface area contributed by atoms with Gasteiger partial charge in [0.15, 0.2) is 5.65 Å². The fourth-order valence-corrected chi connectivity index (χ4v) is 3.76.